The molecule has 5 nitrogen and oxygen atoms in total. The highest BCUT2D eigenvalue weighted by Crippen LogP contribution is 2.21. The maximum Gasteiger partial charge on any atom is 0.190 e. The van der Waals surface area contributed by atoms with Crippen molar-refractivity contribution < 1.29 is 0 Å². The minimum Gasteiger partial charge on any atom is -0.356 e. The minimum absolute atomic E-state index is 0.668. The van der Waals surface area contributed by atoms with E-state index < -0.39 is 0 Å². The first-order valence-corrected chi connectivity index (χ1v) is 8.80. The summed E-state index contributed by atoms with van der Waals surface area (Å²) < 4.78 is 1.92. The van der Waals surface area contributed by atoms with Crippen LogP contribution < -0.4 is 10.6 Å². The highest BCUT2D eigenvalue weighted by atomic mass is 35.5. The lowest BCUT2D eigenvalue weighted by Gasteiger charge is -2.12. The van der Waals surface area contributed by atoms with E-state index in [9.17, 15) is 0 Å². The quantitative estimate of drug-likeness (QED) is 0.427. The van der Waals surface area contributed by atoms with E-state index in [2.05, 4.69) is 20.7 Å². The van der Waals surface area contributed by atoms with Crippen LogP contribution in [0.2, 0.25) is 10.0 Å². The largest absolute Gasteiger partial charge is 0.356 e. The van der Waals surface area contributed by atoms with Gasteiger partial charge in [-0.05, 0) is 43.0 Å². The minimum atomic E-state index is 0.668. The molecule has 0 amide bonds. The zero-order valence-corrected chi connectivity index (χ0v) is 15.3. The van der Waals surface area contributed by atoms with E-state index in [4.69, 9.17) is 23.2 Å². The van der Waals surface area contributed by atoms with Crippen molar-refractivity contribution in [3.63, 3.8) is 0 Å². The van der Waals surface area contributed by atoms with Crippen molar-refractivity contribution in [2.24, 2.45) is 4.99 Å². The van der Waals surface area contributed by atoms with Crippen LogP contribution in [-0.2, 0) is 13.0 Å². The average molecular weight is 368 g/mol. The number of nitrogens with zero attached hydrogens (tertiary/aromatic N) is 3. The van der Waals surface area contributed by atoms with Crippen molar-refractivity contribution in [2.75, 3.05) is 20.1 Å². The van der Waals surface area contributed by atoms with Gasteiger partial charge in [0.15, 0.2) is 5.96 Å². The van der Waals surface area contributed by atoms with Gasteiger partial charge in [-0.3, -0.25) is 9.67 Å². The van der Waals surface area contributed by atoms with Crippen LogP contribution in [-0.4, -0.2) is 35.9 Å². The van der Waals surface area contributed by atoms with Gasteiger partial charge in [0.25, 0.3) is 0 Å². The smallest absolute Gasteiger partial charge is 0.190 e. The zero-order valence-electron chi connectivity index (χ0n) is 13.8. The van der Waals surface area contributed by atoms with E-state index in [0.717, 1.165) is 55.4 Å². The fraction of sp³-hybridized carbons (Fsp3) is 0.412. The molecule has 0 bridgehead atoms. The molecule has 0 spiro atoms. The summed E-state index contributed by atoms with van der Waals surface area (Å²) in [6, 6.07) is 7.57. The topological polar surface area (TPSA) is 54.2 Å². The number of hydrogen-bond acceptors (Lipinski definition) is 2. The summed E-state index contributed by atoms with van der Waals surface area (Å²) >= 11 is 12.1. The lowest BCUT2D eigenvalue weighted by Crippen LogP contribution is -2.38. The second-order valence-corrected chi connectivity index (χ2v) is 6.23. The van der Waals surface area contributed by atoms with Gasteiger partial charge in [-0.15, -0.1) is 0 Å². The summed E-state index contributed by atoms with van der Waals surface area (Å²) in [5.41, 5.74) is 1.12. The van der Waals surface area contributed by atoms with E-state index in [0.29, 0.717) is 5.02 Å². The van der Waals surface area contributed by atoms with Crippen LogP contribution in [0.3, 0.4) is 0 Å². The van der Waals surface area contributed by atoms with Gasteiger partial charge in [0.05, 0.1) is 0 Å². The number of halogens is 2. The predicted molar refractivity (Wildman–Crippen MR) is 101 cm³/mol. The SMILES string of the molecule is CN=C(NCCCc1ccc(Cl)cc1Cl)NCCCn1cccn1. The van der Waals surface area contributed by atoms with Gasteiger partial charge in [0, 0.05) is 49.1 Å². The van der Waals surface area contributed by atoms with Gasteiger partial charge in [-0.25, -0.2) is 0 Å². The highest BCUT2D eigenvalue weighted by molar-refractivity contribution is 6.35. The molecule has 2 aromatic rings. The molecule has 0 aliphatic heterocycles. The third-order valence-corrected chi connectivity index (χ3v) is 4.16. The van der Waals surface area contributed by atoms with Crippen molar-refractivity contribution in [1.82, 2.24) is 20.4 Å². The maximum absolute atomic E-state index is 6.18. The van der Waals surface area contributed by atoms with Crippen molar-refractivity contribution in [3.05, 3.63) is 52.3 Å². The molecule has 24 heavy (non-hydrogen) atoms. The molecule has 1 aromatic heterocycles. The van der Waals surface area contributed by atoms with Gasteiger partial charge < -0.3 is 10.6 Å². The van der Waals surface area contributed by atoms with Crippen LogP contribution in [0.4, 0.5) is 0 Å². The second-order valence-electron chi connectivity index (χ2n) is 5.39. The first-order chi connectivity index (χ1) is 11.7. The Labute approximate surface area is 153 Å². The molecule has 0 saturated carbocycles. The van der Waals surface area contributed by atoms with E-state index in [1.807, 2.05) is 29.1 Å². The molecule has 2 rings (SSSR count). The number of aromatic nitrogens is 2. The first-order valence-electron chi connectivity index (χ1n) is 8.05. The molecule has 0 radical (unpaired) electrons. The Morgan fingerprint density at radius 1 is 1.21 bits per heavy atom. The lowest BCUT2D eigenvalue weighted by molar-refractivity contribution is 0.570. The molecular weight excluding hydrogens is 345 g/mol. The number of hydrogen-bond donors (Lipinski definition) is 2. The lowest BCUT2D eigenvalue weighted by atomic mass is 10.1. The summed E-state index contributed by atoms with van der Waals surface area (Å²) in [4.78, 5) is 4.22. The monoisotopic (exact) mass is 367 g/mol. The van der Waals surface area contributed by atoms with Gasteiger partial charge in [-0.2, -0.15) is 5.10 Å². The standard InChI is InChI=1S/C17H23Cl2N5/c1-20-17(22-9-3-11-24-12-4-10-23-24)21-8-2-5-14-6-7-15(18)13-16(14)19/h4,6-7,10,12-13H,2-3,5,8-9,11H2,1H3,(H2,20,21,22). The Balaban J connectivity index is 1.61. The molecule has 7 heteroatoms. The predicted octanol–water partition coefficient (Wildman–Crippen LogP) is 3.38. The van der Waals surface area contributed by atoms with E-state index in [1.165, 1.54) is 0 Å². The molecule has 0 aliphatic rings. The molecule has 2 N–H and O–H groups in total. The van der Waals surface area contributed by atoms with Crippen LogP contribution in [0.1, 0.15) is 18.4 Å². The van der Waals surface area contributed by atoms with Crippen LogP contribution in [0.25, 0.3) is 0 Å². The number of rotatable bonds is 8. The molecule has 1 aromatic carbocycles. The number of nitrogens with one attached hydrogen (secondary N) is 2. The maximum atomic E-state index is 6.18. The third kappa shape index (κ3) is 6.42. The zero-order chi connectivity index (χ0) is 17.2. The highest BCUT2D eigenvalue weighted by Gasteiger charge is 2.02. The van der Waals surface area contributed by atoms with E-state index >= 15 is 0 Å². The summed E-state index contributed by atoms with van der Waals surface area (Å²) in [5.74, 6) is 0.817. The molecule has 1 heterocycles. The number of aryl methyl sites for hydroxylation is 2. The molecule has 0 aliphatic carbocycles. The molecule has 130 valence electrons. The van der Waals surface area contributed by atoms with E-state index in [-0.39, 0.29) is 0 Å². The van der Waals surface area contributed by atoms with Crippen molar-refractivity contribution >= 4 is 29.2 Å². The second kappa shape index (κ2) is 10.2. The fourth-order valence-corrected chi connectivity index (χ4v) is 2.81. The average Bonchev–Trinajstić information content (AvgIpc) is 3.08. The normalized spacial score (nSPS) is 11.5. The molecule has 0 saturated heterocycles. The van der Waals surface area contributed by atoms with Crippen LogP contribution in [0, 0.1) is 0 Å². The summed E-state index contributed by atoms with van der Waals surface area (Å²) in [6.07, 6.45) is 6.62. The Kier molecular flexibility index (Phi) is 7.92. The van der Waals surface area contributed by atoms with Crippen molar-refractivity contribution in [2.45, 2.75) is 25.8 Å². The fourth-order valence-electron chi connectivity index (χ4n) is 2.31. The Hall–Kier alpha value is -1.72. The first kappa shape index (κ1) is 18.6. The Bertz CT molecular complexity index is 640. The van der Waals surface area contributed by atoms with Crippen molar-refractivity contribution in [3.8, 4) is 0 Å². The number of benzene rings is 1. The van der Waals surface area contributed by atoms with Crippen LogP contribution in [0.15, 0.2) is 41.7 Å². The Morgan fingerprint density at radius 2 is 2.00 bits per heavy atom. The Morgan fingerprint density at radius 3 is 2.67 bits per heavy atom. The molecular formula is C17H23Cl2N5. The van der Waals surface area contributed by atoms with Crippen LogP contribution in [0.5, 0.6) is 0 Å². The van der Waals surface area contributed by atoms with Gasteiger partial charge in [0.1, 0.15) is 0 Å². The van der Waals surface area contributed by atoms with Crippen LogP contribution >= 0.6 is 23.2 Å². The number of guanidine groups is 1. The molecule has 0 atom stereocenters. The summed E-state index contributed by atoms with van der Waals surface area (Å²) in [5, 5.41) is 12.2. The number of aliphatic imine (C=N–C) groups is 1. The van der Waals surface area contributed by atoms with Gasteiger partial charge >= 0.3 is 0 Å². The summed E-state index contributed by atoms with van der Waals surface area (Å²) in [6.45, 7) is 2.58. The summed E-state index contributed by atoms with van der Waals surface area (Å²) in [7, 11) is 1.78. The van der Waals surface area contributed by atoms with E-state index in [1.54, 1.807) is 19.3 Å². The van der Waals surface area contributed by atoms with Gasteiger partial charge in [-0.1, -0.05) is 29.3 Å². The third-order valence-electron chi connectivity index (χ3n) is 3.57. The van der Waals surface area contributed by atoms with Crippen molar-refractivity contribution in [1.29, 1.82) is 0 Å². The molecule has 0 fully saturated rings. The molecule has 0 unspecified atom stereocenters. The van der Waals surface area contributed by atoms with Gasteiger partial charge in [0.2, 0.25) is 0 Å².